The number of Topliss-reactive ketones (excluding diaryl/α,β-unsaturated/α-hetero) is 1. The van der Waals surface area contributed by atoms with E-state index >= 15 is 0 Å². The topological polar surface area (TPSA) is 85.5 Å². The van der Waals surface area contributed by atoms with E-state index in [1.807, 2.05) is 0 Å². The Morgan fingerprint density at radius 1 is 0.964 bits per heavy atom. The first kappa shape index (κ1) is 19.3. The summed E-state index contributed by atoms with van der Waals surface area (Å²) in [5.41, 5.74) is 1.40. The molecule has 0 aliphatic carbocycles. The van der Waals surface area contributed by atoms with Crippen molar-refractivity contribution in [3.63, 3.8) is 0 Å². The van der Waals surface area contributed by atoms with Gasteiger partial charge in [-0.25, -0.2) is 4.79 Å². The van der Waals surface area contributed by atoms with Crippen molar-refractivity contribution in [2.75, 3.05) is 14.2 Å². The number of ether oxygens (including phenoxy) is 2. The lowest BCUT2D eigenvalue weighted by molar-refractivity contribution is 0.0600. The molecule has 0 saturated heterocycles. The highest BCUT2D eigenvalue weighted by Gasteiger charge is 2.05. The number of hydrogen-bond acceptors (Lipinski definition) is 6. The minimum atomic E-state index is -0.422. The molecule has 0 unspecified atom stereocenters. The quantitative estimate of drug-likeness (QED) is 0.525. The van der Waals surface area contributed by atoms with E-state index in [-0.39, 0.29) is 11.3 Å². The van der Waals surface area contributed by atoms with Gasteiger partial charge in [-0.1, -0.05) is 12.1 Å². The zero-order valence-electron chi connectivity index (χ0n) is 15.2. The van der Waals surface area contributed by atoms with Crippen LogP contribution < -0.4 is 19.5 Å². The van der Waals surface area contributed by atoms with Gasteiger partial charge in [0.2, 0.25) is 0 Å². The van der Waals surface area contributed by atoms with Crippen LogP contribution in [0.3, 0.4) is 0 Å². The van der Waals surface area contributed by atoms with Gasteiger partial charge in [-0.3, -0.25) is 9.59 Å². The maximum Gasteiger partial charge on any atom is 0.337 e. The van der Waals surface area contributed by atoms with Crippen LogP contribution in [0.25, 0.3) is 12.2 Å². The van der Waals surface area contributed by atoms with Crippen molar-refractivity contribution >= 4 is 35.2 Å². The Morgan fingerprint density at radius 3 is 2.21 bits per heavy atom. The number of H-pyrrole nitrogens is 1. The average molecular weight is 395 g/mol. The third-order valence-corrected chi connectivity index (χ3v) is 4.91. The Bertz CT molecular complexity index is 1170. The van der Waals surface area contributed by atoms with Crippen LogP contribution >= 0.6 is 11.3 Å². The van der Waals surface area contributed by atoms with Gasteiger partial charge in [-0.2, -0.15) is 0 Å². The van der Waals surface area contributed by atoms with Gasteiger partial charge in [0.1, 0.15) is 5.75 Å². The highest BCUT2D eigenvalue weighted by atomic mass is 32.1. The van der Waals surface area contributed by atoms with Crippen molar-refractivity contribution in [1.29, 1.82) is 0 Å². The molecule has 0 aliphatic rings. The van der Waals surface area contributed by atoms with E-state index in [0.717, 1.165) is 5.56 Å². The number of aromatic amines is 1. The maximum atomic E-state index is 12.4. The molecule has 0 saturated carbocycles. The van der Waals surface area contributed by atoms with E-state index in [9.17, 15) is 14.4 Å². The van der Waals surface area contributed by atoms with Crippen LogP contribution in [0, 0.1) is 0 Å². The van der Waals surface area contributed by atoms with Crippen LogP contribution in [0.4, 0.5) is 0 Å². The highest BCUT2D eigenvalue weighted by Crippen LogP contribution is 2.12. The van der Waals surface area contributed by atoms with Crippen molar-refractivity contribution < 1.29 is 19.1 Å². The summed E-state index contributed by atoms with van der Waals surface area (Å²) in [5, 5.41) is 0. The predicted octanol–water partition coefficient (Wildman–Crippen LogP) is 1.72. The lowest BCUT2D eigenvalue weighted by Crippen LogP contribution is -2.20. The molecule has 2 aromatic carbocycles. The van der Waals surface area contributed by atoms with Crippen LogP contribution in [0.1, 0.15) is 26.3 Å². The number of hydrogen-bond donors (Lipinski definition) is 1. The second kappa shape index (κ2) is 8.49. The van der Waals surface area contributed by atoms with E-state index < -0.39 is 5.97 Å². The number of esters is 1. The number of rotatable bonds is 5. The second-order valence-electron chi connectivity index (χ2n) is 5.78. The Hall–Kier alpha value is -3.45. The molecular weight excluding hydrogens is 378 g/mol. The molecule has 0 bridgehead atoms. The molecule has 0 spiro atoms. The predicted molar refractivity (Wildman–Crippen MR) is 107 cm³/mol. The number of carbonyl (C=O) groups is 2. The normalized spacial score (nSPS) is 12.1. The van der Waals surface area contributed by atoms with E-state index in [1.54, 1.807) is 61.7 Å². The number of carbonyl (C=O) groups excluding carboxylic acids is 2. The molecule has 0 amide bonds. The van der Waals surface area contributed by atoms with Gasteiger partial charge in [0, 0.05) is 11.6 Å². The summed E-state index contributed by atoms with van der Waals surface area (Å²) in [6.07, 6.45) is 3.09. The van der Waals surface area contributed by atoms with Gasteiger partial charge in [-0.15, -0.1) is 11.3 Å². The van der Waals surface area contributed by atoms with Crippen LogP contribution in [-0.2, 0) is 4.74 Å². The number of nitrogens with one attached hydrogen (secondary N) is 1. The van der Waals surface area contributed by atoms with E-state index in [2.05, 4.69) is 9.72 Å². The summed E-state index contributed by atoms with van der Waals surface area (Å²) in [6.45, 7) is 0. The van der Waals surface area contributed by atoms with Crippen LogP contribution in [0.15, 0.2) is 53.3 Å². The first-order valence-corrected chi connectivity index (χ1v) is 9.11. The summed E-state index contributed by atoms with van der Waals surface area (Å²) in [5.74, 6) is 0.0276. The lowest BCUT2D eigenvalue weighted by Gasteiger charge is -1.99. The molecule has 3 aromatic rings. The Morgan fingerprint density at radius 2 is 1.61 bits per heavy atom. The fourth-order valence-electron chi connectivity index (χ4n) is 2.47. The fraction of sp³-hybridized carbons (Fsp3) is 0.0952. The second-order valence-corrected chi connectivity index (χ2v) is 6.86. The molecular formula is C21H17NO5S. The summed E-state index contributed by atoms with van der Waals surface area (Å²) in [4.78, 5) is 38.7. The van der Waals surface area contributed by atoms with Crippen LogP contribution in [0.2, 0.25) is 0 Å². The summed E-state index contributed by atoms with van der Waals surface area (Å²) >= 11 is 1.18. The molecule has 6 nitrogen and oxygen atoms in total. The molecule has 0 radical (unpaired) electrons. The fourth-order valence-corrected chi connectivity index (χ4v) is 3.35. The molecule has 0 fully saturated rings. The standard InChI is InChI=1S/C21H17NO5S/c1-26-16-9-7-14(8-10-16)17(23)12-19-22-20(24)18(28-19)11-13-3-5-15(6-4-13)21(25)27-2/h3-12H,1-2H3,(H,22,24)/b18-11-,19-12-. The molecule has 1 heterocycles. The largest absolute Gasteiger partial charge is 0.497 e. The van der Waals surface area contributed by atoms with Gasteiger partial charge in [0.25, 0.3) is 5.56 Å². The molecule has 3 rings (SSSR count). The van der Waals surface area contributed by atoms with Crippen molar-refractivity contribution in [1.82, 2.24) is 4.98 Å². The lowest BCUT2D eigenvalue weighted by atomic mass is 10.1. The van der Waals surface area contributed by atoms with Crippen molar-refractivity contribution in [3.05, 3.63) is 84.8 Å². The number of thiazole rings is 1. The van der Waals surface area contributed by atoms with E-state index in [0.29, 0.717) is 26.1 Å². The molecule has 1 N–H and O–H groups in total. The first-order valence-electron chi connectivity index (χ1n) is 8.29. The number of methoxy groups -OCH3 is 2. The number of benzene rings is 2. The van der Waals surface area contributed by atoms with Gasteiger partial charge in [-0.05, 0) is 48.0 Å². The third-order valence-electron chi connectivity index (χ3n) is 3.95. The van der Waals surface area contributed by atoms with E-state index in [1.165, 1.54) is 24.5 Å². The first-order chi connectivity index (χ1) is 13.5. The van der Waals surface area contributed by atoms with Crippen molar-refractivity contribution in [2.45, 2.75) is 0 Å². The van der Waals surface area contributed by atoms with Crippen molar-refractivity contribution in [2.24, 2.45) is 0 Å². The van der Waals surface area contributed by atoms with E-state index in [4.69, 9.17) is 4.74 Å². The summed E-state index contributed by atoms with van der Waals surface area (Å²) < 4.78 is 10.7. The monoisotopic (exact) mass is 395 g/mol. The average Bonchev–Trinajstić information content (AvgIpc) is 3.06. The zero-order valence-corrected chi connectivity index (χ0v) is 16.0. The molecule has 142 valence electrons. The Kier molecular flexibility index (Phi) is 5.86. The zero-order chi connectivity index (χ0) is 20.1. The van der Waals surface area contributed by atoms with Crippen molar-refractivity contribution in [3.8, 4) is 5.75 Å². The Labute approximate surface area is 164 Å². The Balaban J connectivity index is 1.88. The molecule has 28 heavy (non-hydrogen) atoms. The molecule has 7 heteroatoms. The smallest absolute Gasteiger partial charge is 0.337 e. The molecule has 1 aromatic heterocycles. The van der Waals surface area contributed by atoms with Gasteiger partial charge >= 0.3 is 5.97 Å². The van der Waals surface area contributed by atoms with Gasteiger partial charge < -0.3 is 14.5 Å². The molecule has 0 atom stereocenters. The molecule has 0 aliphatic heterocycles. The van der Waals surface area contributed by atoms with Gasteiger partial charge in [0.05, 0.1) is 29.0 Å². The minimum absolute atomic E-state index is 0.214. The number of ketones is 1. The number of aromatic nitrogens is 1. The SMILES string of the molecule is COC(=O)c1ccc(/C=c2\s/c(=C\C(=O)c3ccc(OC)cc3)[nH]c2=O)cc1. The van der Waals surface area contributed by atoms with Crippen LogP contribution in [-0.4, -0.2) is 31.0 Å². The minimum Gasteiger partial charge on any atom is -0.497 e. The highest BCUT2D eigenvalue weighted by molar-refractivity contribution is 7.07. The van der Waals surface area contributed by atoms with Crippen LogP contribution in [0.5, 0.6) is 5.75 Å². The summed E-state index contributed by atoms with van der Waals surface area (Å²) in [6, 6.07) is 13.4. The summed E-state index contributed by atoms with van der Waals surface area (Å²) in [7, 11) is 2.87. The van der Waals surface area contributed by atoms with Gasteiger partial charge in [0.15, 0.2) is 5.78 Å². The third kappa shape index (κ3) is 4.44. The maximum absolute atomic E-state index is 12.4.